The Morgan fingerprint density at radius 3 is 2.08 bits per heavy atom. The van der Waals surface area contributed by atoms with Crippen LogP contribution in [0.25, 0.3) is 54.3 Å². The van der Waals surface area contributed by atoms with Crippen LogP contribution in [-0.2, 0) is 78.5 Å². The first-order valence-electron chi connectivity index (χ1n) is 43.9. The Kier molecular flexibility index (Phi) is 36.0. The van der Waals surface area contributed by atoms with Crippen molar-refractivity contribution in [3.63, 3.8) is 0 Å². The summed E-state index contributed by atoms with van der Waals surface area (Å²) in [6, 6.07) is 45.1. The normalized spacial score (nSPS) is 13.6. The number of quaternary nitrogens is 1. The molecule has 3 aromatic heterocycles. The van der Waals surface area contributed by atoms with Gasteiger partial charge in [-0.1, -0.05) is 134 Å². The van der Waals surface area contributed by atoms with Crippen LogP contribution in [0.3, 0.4) is 0 Å². The van der Waals surface area contributed by atoms with Gasteiger partial charge in [0, 0.05) is 85.9 Å². The zero-order chi connectivity index (χ0) is 98.8. The molecule has 137 heavy (non-hydrogen) atoms. The summed E-state index contributed by atoms with van der Waals surface area (Å²) in [4.78, 5) is 140. The van der Waals surface area contributed by atoms with Crippen molar-refractivity contribution in [2.75, 3.05) is 92.2 Å². The Morgan fingerprint density at radius 1 is 0.752 bits per heavy atom. The lowest BCUT2D eigenvalue weighted by Gasteiger charge is -2.42. The second-order valence-electron chi connectivity index (χ2n) is 33.9. The van der Waals surface area contributed by atoms with Gasteiger partial charge in [0.2, 0.25) is 18.1 Å². The Balaban J connectivity index is 0.00000247. The number of nitrogens with one attached hydrogen (secondary N) is 3. The van der Waals surface area contributed by atoms with Gasteiger partial charge in [0.05, 0.1) is 55.5 Å². The highest BCUT2D eigenvalue weighted by molar-refractivity contribution is 7.22. The first-order chi connectivity index (χ1) is 65.4. The van der Waals surface area contributed by atoms with Gasteiger partial charge in [0.15, 0.2) is 18.5 Å². The number of anilines is 1. The summed E-state index contributed by atoms with van der Waals surface area (Å²) in [5.41, 5.74) is 15.0. The molecule has 4 atom stereocenters. The number of carbonyl (C=O) groups is 9. The summed E-state index contributed by atoms with van der Waals surface area (Å²) >= 11 is 8.66. The third-order valence-electron chi connectivity index (χ3n) is 22.3. The number of fused-ring (bicyclic) bond motifs is 4. The molecule has 2 aliphatic rings. The molecule has 0 saturated carbocycles. The summed E-state index contributed by atoms with van der Waals surface area (Å²) in [6.07, 6.45) is -3.92. The number of esters is 2. The van der Waals surface area contributed by atoms with Crippen molar-refractivity contribution < 1.29 is 123 Å². The molecular weight excluding hydrogens is 1820 g/mol. The molecule has 0 unspecified atom stereocenters. The quantitative estimate of drug-likeness (QED) is 0.00594. The molecule has 4 heterocycles. The van der Waals surface area contributed by atoms with E-state index in [0.717, 1.165) is 27.8 Å². The van der Waals surface area contributed by atoms with Gasteiger partial charge in [-0.25, -0.2) is 57.9 Å². The van der Waals surface area contributed by atoms with Crippen molar-refractivity contribution in [3.05, 3.63) is 220 Å². The van der Waals surface area contributed by atoms with Gasteiger partial charge in [-0.05, 0) is 164 Å². The fourth-order valence-electron chi connectivity index (χ4n) is 15.4. The van der Waals surface area contributed by atoms with Crippen LogP contribution in [0.15, 0.2) is 170 Å². The largest absolute Gasteiger partial charge is 0.542 e. The SMILES string of the molecule is C#CCOC(=O)N[C@@H](CCCCOC(=O)OC(C)(C)C)C(=O)O[C@H](C(=O)O[C@@H](CCCNC(N)=O)C(=O)Nc1ccc(C[N+]2(C)CCN(CCOc3ccc(-c4c(-c5ccc(F)cc5)sc5ncnc(O[C@H](Cc6ccccc6OCc6ccnc(-c7ccccc7OC)n6)C(=O)O)c45)c(C)c3Cl)CC2)c(CN(C)C(=O)OCC2c3ccccc3-c3ccccc32)c1)C(C)C.O=C([O-])C(F)(F)F. The number of aliphatic carboxylic acids is 2. The molecule has 6 N–H and O–H groups in total. The van der Waals surface area contributed by atoms with Gasteiger partial charge in [-0.15, -0.1) is 17.8 Å². The van der Waals surface area contributed by atoms with Crippen molar-refractivity contribution >= 4 is 93.0 Å². The van der Waals surface area contributed by atoms with Gasteiger partial charge in [-0.2, -0.15) is 13.2 Å². The number of amides is 5. The topological polar surface area (TPSA) is 409 Å². The van der Waals surface area contributed by atoms with Crippen molar-refractivity contribution in [2.24, 2.45) is 11.7 Å². The number of hydrogen-bond donors (Lipinski definition) is 5. The number of methoxy groups -OCH3 is 1. The van der Waals surface area contributed by atoms with E-state index >= 15 is 0 Å². The van der Waals surface area contributed by atoms with E-state index in [4.69, 9.17) is 86.0 Å². The van der Waals surface area contributed by atoms with Crippen LogP contribution in [0.4, 0.5) is 42.4 Å². The number of rotatable bonds is 40. The van der Waals surface area contributed by atoms with E-state index in [0.29, 0.717) is 132 Å². The lowest BCUT2D eigenvalue weighted by Crippen LogP contribution is -2.57. The molecule has 724 valence electrons. The number of alkyl carbamates (subject to hydrolysis) is 1. The molecule has 1 aliphatic heterocycles. The number of unbranched alkanes of at least 4 members (excludes halogenated alkanes) is 1. The Morgan fingerprint density at radius 2 is 1.42 bits per heavy atom. The van der Waals surface area contributed by atoms with Crippen molar-refractivity contribution in [3.8, 4) is 79.6 Å². The number of halogens is 5. The van der Waals surface area contributed by atoms with E-state index in [2.05, 4.69) is 60.9 Å². The van der Waals surface area contributed by atoms with Crippen LogP contribution in [-0.4, -0.2) is 217 Å². The number of nitrogens with zero attached hydrogens (tertiary/aromatic N) is 7. The maximum atomic E-state index is 14.8. The van der Waals surface area contributed by atoms with E-state index in [1.54, 1.807) is 116 Å². The second-order valence-corrected chi connectivity index (χ2v) is 35.3. The van der Waals surface area contributed by atoms with Gasteiger partial charge >= 0.3 is 48.5 Å². The second kappa shape index (κ2) is 47.8. The van der Waals surface area contributed by atoms with Crippen LogP contribution < -0.4 is 45.7 Å². The number of ether oxygens (including phenoxy) is 10. The molecule has 5 amide bonds. The average molecular weight is 1930 g/mol. The van der Waals surface area contributed by atoms with Gasteiger partial charge in [0.25, 0.3) is 5.91 Å². The lowest BCUT2D eigenvalue weighted by molar-refractivity contribution is -0.926. The molecule has 12 rings (SSSR count). The molecule has 1 saturated heterocycles. The maximum absolute atomic E-state index is 14.8. The molecule has 0 radical (unpaired) electrons. The van der Waals surface area contributed by atoms with Crippen molar-refractivity contribution in [2.45, 2.75) is 142 Å². The average Bonchev–Trinajstić information content (AvgIpc) is 1.59. The number of piperazine rings is 1. The standard InChI is InChI=1S/C97H105ClFN11O19S.C2HF3O2/c1-11-49-122-94(117)107-75(29-20-21-50-123-96(119)129-97(5,6)7)91(114)128-84(59(2)3)92(115)127-79(32-22-42-102-93(100)116)87(111)106-66-38-35-63(64(52-66)54-108(8)95(118)125-57-74-71-26-15-13-24-69(71)70-25-14-16-27-72(70)74)55-110(9)47-44-109(45-48-110)46-51-121-78-40-39-68(60(4)83(78)98)81-82-88(103-58-104-89(82)130-85(81)61-33-36-65(99)37-34-61)126-80(90(112)113)53-62-23-12-18-30-76(62)124-56-67-41-43-101-86(105-67)73-28-17-19-31-77(73)120-10;3-2(4,5)1(6)7/h1,12-19,23-28,30-31,33-41,43,52,58-59,74-75,79-80,84H,20-22,29,32,42,44-51,53-57H2,2-10H3,(H5-,100,102,106,107,111,112,113,116,117);(H,6,7)/t75-,79-,80+,84-;/m0./s1. The highest BCUT2D eigenvalue weighted by Gasteiger charge is 2.39. The van der Waals surface area contributed by atoms with E-state index < -0.39 is 109 Å². The van der Waals surface area contributed by atoms with Crippen LogP contribution in [0.1, 0.15) is 112 Å². The van der Waals surface area contributed by atoms with E-state index in [-0.39, 0.29) is 95.5 Å². The Labute approximate surface area is 797 Å². The van der Waals surface area contributed by atoms with Crippen LogP contribution in [0, 0.1) is 31.0 Å². The molecule has 0 bridgehead atoms. The number of terminal acetylenes is 1. The fraction of sp³-hybridized carbons (Fsp3) is 0.364. The molecule has 0 spiro atoms. The number of thiophene rings is 1. The number of nitrogens with two attached hydrogens (primary N) is 1. The number of alkyl halides is 3. The predicted molar refractivity (Wildman–Crippen MR) is 497 cm³/mol. The highest BCUT2D eigenvalue weighted by Crippen LogP contribution is 2.50. The smallest absolute Gasteiger partial charge is 0.508 e. The first-order valence-corrected chi connectivity index (χ1v) is 45.1. The number of urea groups is 1. The number of benzene rings is 7. The van der Waals surface area contributed by atoms with Crippen LogP contribution in [0.5, 0.6) is 23.1 Å². The predicted octanol–water partition coefficient (Wildman–Crippen LogP) is 15.0. The van der Waals surface area contributed by atoms with Gasteiger partial charge < -0.3 is 93.4 Å². The summed E-state index contributed by atoms with van der Waals surface area (Å²) in [6.45, 7) is 13.7. The number of primary amides is 1. The molecule has 7 aromatic carbocycles. The number of para-hydroxylation sites is 2. The van der Waals surface area contributed by atoms with Gasteiger partial charge in [-0.3, -0.25) is 9.69 Å². The molecule has 32 nitrogen and oxygen atoms in total. The minimum Gasteiger partial charge on any atom is -0.542 e. The molecule has 1 fully saturated rings. The monoisotopic (exact) mass is 1930 g/mol. The summed E-state index contributed by atoms with van der Waals surface area (Å²) in [5.74, 6) is -4.54. The molecule has 1 aliphatic carbocycles. The van der Waals surface area contributed by atoms with Crippen molar-refractivity contribution in [1.82, 2.24) is 40.4 Å². The zero-order valence-corrected chi connectivity index (χ0v) is 78.3. The lowest BCUT2D eigenvalue weighted by atomic mass is 9.96. The summed E-state index contributed by atoms with van der Waals surface area (Å²) in [5, 5.41) is 28.3. The number of carboxylic acids is 2. The number of carboxylic acid groups (broad SMARTS) is 2. The number of likely N-dealkylation sites (N-methyl/N-ethyl adjacent to an activating group) is 1. The maximum Gasteiger partial charge on any atom is 0.508 e. The Bertz CT molecular complexity index is 5960. The van der Waals surface area contributed by atoms with Crippen LogP contribution >= 0.6 is 22.9 Å². The first kappa shape index (κ1) is 103. The van der Waals surface area contributed by atoms with E-state index in [1.807, 2.05) is 79.7 Å². The third kappa shape index (κ3) is 28.7. The third-order valence-corrected chi connectivity index (χ3v) is 24.0. The van der Waals surface area contributed by atoms with Crippen molar-refractivity contribution in [1.29, 1.82) is 0 Å². The minimum atomic E-state index is -5.19. The molecular formula is C99H106ClF4N11O21S. The van der Waals surface area contributed by atoms with E-state index in [9.17, 15) is 61.0 Å². The zero-order valence-electron chi connectivity index (χ0n) is 76.8. The summed E-state index contributed by atoms with van der Waals surface area (Å²) < 4.78 is 105. The number of hydrogen-bond acceptors (Lipinski definition) is 26. The summed E-state index contributed by atoms with van der Waals surface area (Å²) in [7, 11) is 5.37. The van der Waals surface area contributed by atoms with E-state index in [1.165, 1.54) is 34.7 Å². The fourth-order valence-corrected chi connectivity index (χ4v) is 16.7. The Hall–Kier alpha value is -14.2. The number of aromatic nitrogens is 4. The van der Waals surface area contributed by atoms with Gasteiger partial charge in [0.1, 0.15) is 78.2 Å². The minimum absolute atomic E-state index is 0.00500. The highest BCUT2D eigenvalue weighted by atomic mass is 35.5. The molecule has 38 heteroatoms. The van der Waals surface area contributed by atoms with Crippen LogP contribution in [0.2, 0.25) is 5.02 Å². The molecule has 10 aromatic rings. The number of carbonyl (C=O) groups excluding carboxylic acids is 8.